The lowest BCUT2D eigenvalue weighted by Gasteiger charge is -2.21. The maximum Gasteiger partial charge on any atom is 0.337 e. The monoisotopic (exact) mass is 553 g/mol. The summed E-state index contributed by atoms with van der Waals surface area (Å²) in [5, 5.41) is 0.433. The summed E-state index contributed by atoms with van der Waals surface area (Å²) in [5.74, 6) is -0.149. The first-order valence-corrected chi connectivity index (χ1v) is 14.9. The van der Waals surface area contributed by atoms with Gasteiger partial charge in [0.1, 0.15) is 6.04 Å². The van der Waals surface area contributed by atoms with Gasteiger partial charge in [-0.05, 0) is 61.6 Å². The third-order valence-corrected chi connectivity index (χ3v) is 9.54. The number of benzene rings is 2. The van der Waals surface area contributed by atoms with Crippen molar-refractivity contribution in [2.45, 2.75) is 30.3 Å². The Morgan fingerprint density at radius 3 is 2.66 bits per heavy atom. The van der Waals surface area contributed by atoms with Crippen molar-refractivity contribution in [3.05, 3.63) is 57.9 Å². The summed E-state index contributed by atoms with van der Waals surface area (Å²) in [4.78, 5) is 30.2. The summed E-state index contributed by atoms with van der Waals surface area (Å²) in [5.41, 5.74) is 1.26. The van der Waals surface area contributed by atoms with Crippen LogP contribution >= 0.6 is 34.7 Å². The number of carbonyl (C=O) groups excluding carboxylic acids is 2. The van der Waals surface area contributed by atoms with Gasteiger partial charge in [0.2, 0.25) is 10.0 Å². The molecule has 2 aromatic carbocycles. The van der Waals surface area contributed by atoms with E-state index >= 15 is 0 Å². The molecule has 0 aliphatic carbocycles. The van der Waals surface area contributed by atoms with Crippen molar-refractivity contribution in [2.75, 3.05) is 25.7 Å². The number of carbonyl (C=O) groups is 2. The van der Waals surface area contributed by atoms with E-state index in [0.29, 0.717) is 34.8 Å². The van der Waals surface area contributed by atoms with Crippen LogP contribution in [0.1, 0.15) is 23.2 Å². The highest BCUT2D eigenvalue weighted by Gasteiger charge is 2.39. The Morgan fingerprint density at radius 1 is 1.23 bits per heavy atom. The van der Waals surface area contributed by atoms with E-state index in [4.69, 9.17) is 16.3 Å². The highest BCUT2D eigenvalue weighted by atomic mass is 35.5. The molecule has 0 spiro atoms. The smallest absolute Gasteiger partial charge is 0.337 e. The molecular formula is C23H24ClN3O5S3. The quantitative estimate of drug-likeness (QED) is 0.413. The number of thioether (sulfide) groups is 1. The van der Waals surface area contributed by atoms with Gasteiger partial charge < -0.3 is 9.30 Å². The number of methoxy groups -OCH3 is 1. The minimum absolute atomic E-state index is 0.0915. The molecule has 1 unspecified atom stereocenters. The Bertz CT molecular complexity index is 1430. The predicted octanol–water partition coefficient (Wildman–Crippen LogP) is 3.79. The van der Waals surface area contributed by atoms with Gasteiger partial charge in [0.15, 0.2) is 4.80 Å². The van der Waals surface area contributed by atoms with Gasteiger partial charge in [0.25, 0.3) is 5.91 Å². The summed E-state index contributed by atoms with van der Waals surface area (Å²) in [6, 6.07) is 10.2. The number of aromatic nitrogens is 1. The number of nitrogens with zero attached hydrogens (tertiary/aromatic N) is 3. The van der Waals surface area contributed by atoms with Gasteiger partial charge in [0, 0.05) is 23.9 Å². The Balaban J connectivity index is 1.72. The number of fused-ring (bicyclic) bond motifs is 1. The number of hydrogen-bond donors (Lipinski definition) is 0. The van der Waals surface area contributed by atoms with Crippen LogP contribution in [-0.4, -0.2) is 60.9 Å². The molecule has 1 saturated heterocycles. The number of ether oxygens (including phenoxy) is 1. The zero-order valence-corrected chi connectivity index (χ0v) is 22.3. The van der Waals surface area contributed by atoms with Crippen molar-refractivity contribution >= 4 is 66.8 Å². The van der Waals surface area contributed by atoms with Crippen LogP contribution in [-0.2, 0) is 26.1 Å². The van der Waals surface area contributed by atoms with Gasteiger partial charge in [-0.15, -0.1) is 0 Å². The lowest BCUT2D eigenvalue weighted by atomic mass is 10.2. The van der Waals surface area contributed by atoms with Gasteiger partial charge >= 0.3 is 5.97 Å². The Labute approximate surface area is 216 Å². The highest BCUT2D eigenvalue weighted by Crippen LogP contribution is 2.28. The minimum atomic E-state index is -3.87. The number of hydrogen-bond acceptors (Lipinski definition) is 7. The van der Waals surface area contributed by atoms with Gasteiger partial charge in [-0.1, -0.05) is 22.9 Å². The Hall–Kier alpha value is -2.18. The first kappa shape index (κ1) is 25.9. The molecule has 1 aliphatic heterocycles. The fraction of sp³-hybridized carbons (Fsp3) is 0.348. The summed E-state index contributed by atoms with van der Waals surface area (Å²) in [6.45, 7) is 0.862. The Morgan fingerprint density at radius 2 is 1.97 bits per heavy atom. The van der Waals surface area contributed by atoms with Crippen LogP contribution in [0.25, 0.3) is 10.2 Å². The standard InChI is InChI=1S/C23H24ClN3O5S3/c1-32-22(29)15-5-10-18-20(14-15)34-23(26(18)12-13-33-2)25-21(28)19-4-3-11-27(19)35(30,31)17-8-6-16(24)7-9-17/h5-10,14,19H,3-4,11-13H2,1-2H3. The van der Waals surface area contributed by atoms with Crippen molar-refractivity contribution in [3.8, 4) is 0 Å². The summed E-state index contributed by atoms with van der Waals surface area (Å²) < 4.78 is 35.2. The molecule has 4 rings (SSSR count). The van der Waals surface area contributed by atoms with Crippen molar-refractivity contribution in [3.63, 3.8) is 0 Å². The van der Waals surface area contributed by atoms with Crippen LogP contribution in [0, 0.1) is 0 Å². The molecule has 35 heavy (non-hydrogen) atoms. The van der Waals surface area contributed by atoms with E-state index in [9.17, 15) is 18.0 Å². The molecular weight excluding hydrogens is 530 g/mol. The van der Waals surface area contributed by atoms with Gasteiger partial charge in [-0.3, -0.25) is 4.79 Å². The predicted molar refractivity (Wildman–Crippen MR) is 138 cm³/mol. The molecule has 1 aromatic heterocycles. The van der Waals surface area contributed by atoms with E-state index in [0.717, 1.165) is 16.0 Å². The van der Waals surface area contributed by atoms with Gasteiger partial charge in [-0.25, -0.2) is 13.2 Å². The van der Waals surface area contributed by atoms with E-state index in [1.807, 2.05) is 16.9 Å². The number of sulfonamides is 1. The molecule has 1 aliphatic rings. The zero-order valence-electron chi connectivity index (χ0n) is 19.1. The number of esters is 1. The fourth-order valence-corrected chi connectivity index (χ4v) is 7.23. The van der Waals surface area contributed by atoms with Crippen molar-refractivity contribution in [1.82, 2.24) is 8.87 Å². The molecule has 3 aromatic rings. The number of halogens is 1. The number of rotatable bonds is 7. The fourth-order valence-electron chi connectivity index (χ4n) is 3.99. The van der Waals surface area contributed by atoms with E-state index in [2.05, 4.69) is 4.99 Å². The average molecular weight is 554 g/mol. The SMILES string of the molecule is COC(=O)c1ccc2c(c1)sc(=NC(=O)C1CCCN1S(=O)(=O)c1ccc(Cl)cc1)n2CCSC. The molecule has 186 valence electrons. The van der Waals surface area contributed by atoms with E-state index in [1.165, 1.54) is 47.0 Å². The van der Waals surface area contributed by atoms with E-state index in [-0.39, 0.29) is 11.4 Å². The van der Waals surface area contributed by atoms with E-state index in [1.54, 1.807) is 23.9 Å². The summed E-state index contributed by atoms with van der Waals surface area (Å²) >= 11 is 8.85. The summed E-state index contributed by atoms with van der Waals surface area (Å²) in [7, 11) is -2.55. The van der Waals surface area contributed by atoms with Crippen LogP contribution in [0.2, 0.25) is 5.02 Å². The summed E-state index contributed by atoms with van der Waals surface area (Å²) in [6.07, 6.45) is 2.96. The van der Waals surface area contributed by atoms with Crippen molar-refractivity contribution in [2.24, 2.45) is 4.99 Å². The van der Waals surface area contributed by atoms with Gasteiger partial charge in [0.05, 0.1) is 27.8 Å². The first-order valence-electron chi connectivity index (χ1n) is 10.8. The molecule has 2 heterocycles. The first-order chi connectivity index (χ1) is 16.8. The second-order valence-electron chi connectivity index (χ2n) is 7.88. The largest absolute Gasteiger partial charge is 0.465 e. The zero-order chi connectivity index (χ0) is 25.2. The van der Waals surface area contributed by atoms with Crippen LogP contribution in [0.5, 0.6) is 0 Å². The lowest BCUT2D eigenvalue weighted by Crippen LogP contribution is -2.40. The van der Waals surface area contributed by atoms with Crippen LogP contribution in [0.4, 0.5) is 0 Å². The number of amides is 1. The van der Waals surface area contributed by atoms with Crippen LogP contribution in [0.3, 0.4) is 0 Å². The molecule has 8 nitrogen and oxygen atoms in total. The number of thiazole rings is 1. The maximum atomic E-state index is 13.3. The molecule has 1 amide bonds. The minimum Gasteiger partial charge on any atom is -0.465 e. The lowest BCUT2D eigenvalue weighted by molar-refractivity contribution is -0.121. The van der Waals surface area contributed by atoms with E-state index < -0.39 is 27.9 Å². The second kappa shape index (κ2) is 10.8. The molecule has 0 bridgehead atoms. The topological polar surface area (TPSA) is 98.0 Å². The maximum absolute atomic E-state index is 13.3. The van der Waals surface area contributed by atoms with Crippen LogP contribution in [0.15, 0.2) is 52.4 Å². The molecule has 0 saturated carbocycles. The van der Waals surface area contributed by atoms with Crippen molar-refractivity contribution < 1.29 is 22.7 Å². The third-order valence-electron chi connectivity index (χ3n) is 5.74. The Kier molecular flexibility index (Phi) is 8.02. The molecule has 0 N–H and O–H groups in total. The third kappa shape index (κ3) is 5.34. The molecule has 1 fully saturated rings. The molecule has 1 atom stereocenters. The average Bonchev–Trinajstić information content (AvgIpc) is 3.47. The normalized spacial score (nSPS) is 17.2. The number of aryl methyl sites for hydroxylation is 1. The van der Waals surface area contributed by atoms with Crippen molar-refractivity contribution in [1.29, 1.82) is 0 Å². The van der Waals surface area contributed by atoms with Gasteiger partial charge in [-0.2, -0.15) is 21.1 Å². The highest BCUT2D eigenvalue weighted by molar-refractivity contribution is 7.98. The second-order valence-corrected chi connectivity index (χ2v) is 12.2. The molecule has 0 radical (unpaired) electrons. The molecule has 12 heteroatoms. The van der Waals surface area contributed by atoms with Crippen LogP contribution < -0.4 is 4.80 Å².